The highest BCUT2D eigenvalue weighted by Crippen LogP contribution is 2.32. The molecule has 0 aliphatic heterocycles. The van der Waals surface area contributed by atoms with E-state index in [1.807, 2.05) is 24.3 Å². The van der Waals surface area contributed by atoms with Crippen LogP contribution in [0.1, 0.15) is 62.5 Å². The molecule has 2 heterocycles. The summed E-state index contributed by atoms with van der Waals surface area (Å²) in [5.41, 5.74) is 1.98. The third kappa shape index (κ3) is 7.07. The minimum Gasteiger partial charge on any atom is -0.379 e. The van der Waals surface area contributed by atoms with Gasteiger partial charge in [-0.2, -0.15) is 4.39 Å². The van der Waals surface area contributed by atoms with Crippen LogP contribution in [0, 0.1) is 5.95 Å². The average Bonchev–Trinajstić information content (AvgIpc) is 3.40. The molecular weight excluding hydrogens is 575 g/mol. The Bertz CT molecular complexity index is 1620. The van der Waals surface area contributed by atoms with Crippen molar-refractivity contribution < 1.29 is 17.5 Å². The molecule has 0 unspecified atom stereocenters. The molecular formula is C35H43FN4O3S. The second-order valence-electron chi connectivity index (χ2n) is 12.2. The standard InChI is InChI=1S/C35H43FN4O3S/c36-35-28(11-10-20-37-35)25-38(21-23-43-24-22-39(31-14-9-15-31)30-12-3-1-4-13-30)26-29-27-40(34-19-8-7-18-33(29)34)44(41,42)32-16-5-2-6-17-32/h2,5-8,10-11,16-20,27,30-31H,1,3-4,9,12-15,21-26H2. The molecule has 0 saturated heterocycles. The summed E-state index contributed by atoms with van der Waals surface area (Å²) in [5, 5.41) is 0.855. The monoisotopic (exact) mass is 618 g/mol. The van der Waals surface area contributed by atoms with Crippen molar-refractivity contribution in [2.24, 2.45) is 0 Å². The van der Waals surface area contributed by atoms with Gasteiger partial charge in [0.15, 0.2) is 0 Å². The van der Waals surface area contributed by atoms with E-state index in [2.05, 4.69) is 14.8 Å². The average molecular weight is 619 g/mol. The van der Waals surface area contributed by atoms with Gasteiger partial charge in [0.25, 0.3) is 10.0 Å². The molecule has 9 heteroatoms. The molecule has 7 nitrogen and oxygen atoms in total. The highest BCUT2D eigenvalue weighted by Gasteiger charge is 2.31. The van der Waals surface area contributed by atoms with Crippen molar-refractivity contribution in [2.45, 2.75) is 81.4 Å². The third-order valence-electron chi connectivity index (χ3n) is 9.32. The lowest BCUT2D eigenvalue weighted by Gasteiger charge is -2.44. The van der Waals surface area contributed by atoms with Gasteiger partial charge in [0, 0.05) is 61.6 Å². The lowest BCUT2D eigenvalue weighted by atomic mass is 9.86. The molecule has 2 aromatic carbocycles. The van der Waals surface area contributed by atoms with Crippen LogP contribution in [0.4, 0.5) is 4.39 Å². The lowest BCUT2D eigenvalue weighted by Crippen LogP contribution is -2.48. The number of aromatic nitrogens is 2. The number of para-hydroxylation sites is 1. The molecule has 4 aromatic rings. The maximum absolute atomic E-state index is 14.7. The topological polar surface area (TPSA) is 67.7 Å². The van der Waals surface area contributed by atoms with Gasteiger partial charge in [-0.1, -0.05) is 68.1 Å². The van der Waals surface area contributed by atoms with Crippen LogP contribution in [0.3, 0.4) is 0 Å². The summed E-state index contributed by atoms with van der Waals surface area (Å²) in [7, 11) is -3.79. The first kappa shape index (κ1) is 30.9. The molecule has 0 spiro atoms. The number of fused-ring (bicyclic) bond motifs is 1. The van der Waals surface area contributed by atoms with Crippen molar-refractivity contribution >= 4 is 20.9 Å². The first-order chi connectivity index (χ1) is 21.5. The van der Waals surface area contributed by atoms with Gasteiger partial charge in [-0.25, -0.2) is 17.4 Å². The number of hydrogen-bond donors (Lipinski definition) is 0. The fraction of sp³-hybridized carbons (Fsp3) is 0.457. The number of hydrogen-bond acceptors (Lipinski definition) is 6. The summed E-state index contributed by atoms with van der Waals surface area (Å²) in [5.74, 6) is -0.490. The van der Waals surface area contributed by atoms with Crippen molar-refractivity contribution in [3.63, 3.8) is 0 Å². The zero-order chi connectivity index (χ0) is 30.4. The smallest absolute Gasteiger partial charge is 0.268 e. The van der Waals surface area contributed by atoms with E-state index >= 15 is 0 Å². The van der Waals surface area contributed by atoms with E-state index in [1.54, 1.807) is 48.7 Å². The van der Waals surface area contributed by atoms with E-state index in [4.69, 9.17) is 4.74 Å². The second kappa shape index (κ2) is 14.3. The Hall–Kier alpha value is -3.11. The van der Waals surface area contributed by atoms with Crippen LogP contribution in [0.25, 0.3) is 10.9 Å². The Kier molecular flexibility index (Phi) is 10.1. The molecule has 234 valence electrons. The van der Waals surface area contributed by atoms with Gasteiger partial charge in [0.1, 0.15) is 0 Å². The Balaban J connectivity index is 1.17. The fourth-order valence-corrected chi connectivity index (χ4v) is 8.15. The van der Waals surface area contributed by atoms with Crippen LogP contribution in [-0.4, -0.2) is 65.6 Å². The van der Waals surface area contributed by atoms with Gasteiger partial charge in [0.05, 0.1) is 23.6 Å². The van der Waals surface area contributed by atoms with Crippen LogP contribution < -0.4 is 0 Å². The first-order valence-electron chi connectivity index (χ1n) is 16.1. The molecule has 2 fully saturated rings. The van der Waals surface area contributed by atoms with Crippen molar-refractivity contribution in [1.29, 1.82) is 0 Å². The molecule has 2 saturated carbocycles. The van der Waals surface area contributed by atoms with E-state index in [0.29, 0.717) is 56.0 Å². The molecule has 0 atom stereocenters. The van der Waals surface area contributed by atoms with Gasteiger partial charge in [0.2, 0.25) is 5.95 Å². The van der Waals surface area contributed by atoms with Crippen molar-refractivity contribution in [2.75, 3.05) is 26.3 Å². The van der Waals surface area contributed by atoms with E-state index in [9.17, 15) is 12.8 Å². The summed E-state index contributed by atoms with van der Waals surface area (Å²) in [6, 6.07) is 20.9. The van der Waals surface area contributed by atoms with E-state index in [0.717, 1.165) is 17.5 Å². The van der Waals surface area contributed by atoms with Crippen LogP contribution >= 0.6 is 0 Å². The highest BCUT2D eigenvalue weighted by atomic mass is 32.2. The Morgan fingerprint density at radius 1 is 0.795 bits per heavy atom. The molecule has 0 radical (unpaired) electrons. The maximum Gasteiger partial charge on any atom is 0.268 e. The Morgan fingerprint density at radius 2 is 1.48 bits per heavy atom. The van der Waals surface area contributed by atoms with Crippen LogP contribution in [0.15, 0.2) is 84.0 Å². The van der Waals surface area contributed by atoms with Gasteiger partial charge in [-0.3, -0.25) is 9.80 Å². The number of pyridine rings is 1. The third-order valence-corrected chi connectivity index (χ3v) is 11.0. The molecule has 2 aliphatic rings. The van der Waals surface area contributed by atoms with Gasteiger partial charge in [-0.15, -0.1) is 0 Å². The van der Waals surface area contributed by atoms with Crippen molar-refractivity contribution in [3.05, 3.63) is 96.2 Å². The zero-order valence-corrected chi connectivity index (χ0v) is 26.2. The summed E-state index contributed by atoms with van der Waals surface area (Å²) >= 11 is 0. The number of ether oxygens (including phenoxy) is 1. The summed E-state index contributed by atoms with van der Waals surface area (Å²) < 4.78 is 49.5. The predicted octanol–water partition coefficient (Wildman–Crippen LogP) is 6.62. The molecule has 0 bridgehead atoms. The molecule has 2 aromatic heterocycles. The van der Waals surface area contributed by atoms with Gasteiger partial charge >= 0.3 is 0 Å². The summed E-state index contributed by atoms with van der Waals surface area (Å²) in [6.45, 7) is 3.49. The van der Waals surface area contributed by atoms with Gasteiger partial charge in [-0.05, 0) is 55.5 Å². The Morgan fingerprint density at radius 3 is 2.20 bits per heavy atom. The van der Waals surface area contributed by atoms with Gasteiger partial charge < -0.3 is 4.74 Å². The number of benzene rings is 2. The second-order valence-corrected chi connectivity index (χ2v) is 14.0. The minimum absolute atomic E-state index is 0.235. The summed E-state index contributed by atoms with van der Waals surface area (Å²) in [6.07, 6.45) is 13.7. The molecule has 6 rings (SSSR count). The van der Waals surface area contributed by atoms with Crippen molar-refractivity contribution in [1.82, 2.24) is 18.8 Å². The largest absolute Gasteiger partial charge is 0.379 e. The molecule has 44 heavy (non-hydrogen) atoms. The lowest BCUT2D eigenvalue weighted by molar-refractivity contribution is 0.0189. The van der Waals surface area contributed by atoms with Crippen molar-refractivity contribution in [3.8, 4) is 0 Å². The van der Waals surface area contributed by atoms with Crippen LogP contribution in [0.2, 0.25) is 0 Å². The SMILES string of the molecule is O=S(=O)(c1ccccc1)n1cc(CN(CCOCCN(C2CCCCC2)C2CCC2)Cc2cccnc2F)c2ccccc21. The molecule has 0 amide bonds. The Labute approximate surface area is 260 Å². The van der Waals surface area contributed by atoms with Crippen LogP contribution in [0.5, 0.6) is 0 Å². The predicted molar refractivity (Wildman–Crippen MR) is 171 cm³/mol. The molecule has 2 aliphatic carbocycles. The zero-order valence-electron chi connectivity index (χ0n) is 25.4. The summed E-state index contributed by atoms with van der Waals surface area (Å²) in [4.78, 5) is 8.92. The normalized spacial score (nSPS) is 16.6. The quantitative estimate of drug-likeness (QED) is 0.117. The molecule has 0 N–H and O–H groups in total. The first-order valence-corrected chi connectivity index (χ1v) is 17.5. The number of rotatable bonds is 14. The number of halogens is 1. The maximum atomic E-state index is 14.7. The van der Waals surface area contributed by atoms with E-state index in [1.165, 1.54) is 61.5 Å². The number of nitrogens with zero attached hydrogens (tertiary/aromatic N) is 4. The fourth-order valence-electron chi connectivity index (χ4n) is 6.74. The highest BCUT2D eigenvalue weighted by molar-refractivity contribution is 7.90. The minimum atomic E-state index is -3.79. The van der Waals surface area contributed by atoms with E-state index < -0.39 is 16.0 Å². The van der Waals surface area contributed by atoms with E-state index in [-0.39, 0.29) is 4.90 Å². The van der Waals surface area contributed by atoms with Crippen LogP contribution in [-0.2, 0) is 27.8 Å².